The number of hydrogen-bond acceptors (Lipinski definition) is 4. The quantitative estimate of drug-likeness (QED) is 0.802. The summed E-state index contributed by atoms with van der Waals surface area (Å²) in [5.74, 6) is 0.759. The molecule has 1 aromatic rings. The van der Waals surface area contributed by atoms with Crippen LogP contribution in [0.15, 0.2) is 18.3 Å². The summed E-state index contributed by atoms with van der Waals surface area (Å²) < 4.78 is 11.2. The van der Waals surface area contributed by atoms with Crippen LogP contribution in [0, 0.1) is 6.92 Å². The average Bonchev–Trinajstić information content (AvgIpc) is 3.11. The van der Waals surface area contributed by atoms with E-state index in [0.29, 0.717) is 6.61 Å². The maximum atomic E-state index is 12.8. The number of carbonyl (C=O) groups is 1. The molecule has 2 aliphatic rings. The van der Waals surface area contributed by atoms with E-state index in [1.165, 1.54) is 19.3 Å². The van der Waals surface area contributed by atoms with Crippen molar-refractivity contribution < 1.29 is 14.3 Å². The molecule has 0 N–H and O–H groups in total. The minimum atomic E-state index is 0.0104. The number of carbonyl (C=O) groups excluding carboxylic acids is 1. The van der Waals surface area contributed by atoms with E-state index in [2.05, 4.69) is 4.98 Å². The summed E-state index contributed by atoms with van der Waals surface area (Å²) in [6.07, 6.45) is 9.80. The molecule has 5 heteroatoms. The number of ether oxygens (including phenoxy) is 2. The topological polar surface area (TPSA) is 51.7 Å². The Bertz CT molecular complexity index is 520. The monoisotopic (exact) mass is 332 g/mol. The van der Waals surface area contributed by atoms with Crippen molar-refractivity contribution in [1.29, 1.82) is 0 Å². The number of nitrogens with zero attached hydrogens (tertiary/aromatic N) is 2. The molecule has 0 aromatic carbocycles. The Balaban J connectivity index is 1.63. The molecule has 0 radical (unpaired) electrons. The van der Waals surface area contributed by atoms with Gasteiger partial charge in [-0.1, -0.05) is 25.3 Å². The van der Waals surface area contributed by atoms with Crippen LogP contribution < -0.4 is 4.90 Å². The Labute approximate surface area is 144 Å². The second-order valence-corrected chi connectivity index (χ2v) is 6.90. The largest absolute Gasteiger partial charge is 0.376 e. The summed E-state index contributed by atoms with van der Waals surface area (Å²) in [5, 5.41) is 0. The highest BCUT2D eigenvalue weighted by Gasteiger charge is 2.28. The summed E-state index contributed by atoms with van der Waals surface area (Å²) >= 11 is 0. The van der Waals surface area contributed by atoms with Crippen LogP contribution in [0.4, 0.5) is 5.82 Å². The van der Waals surface area contributed by atoms with Gasteiger partial charge in [0.2, 0.25) is 0 Å². The van der Waals surface area contributed by atoms with Crippen LogP contribution >= 0.6 is 0 Å². The van der Waals surface area contributed by atoms with Crippen LogP contribution in [0.3, 0.4) is 0 Å². The molecule has 1 amide bonds. The van der Waals surface area contributed by atoms with Crippen molar-refractivity contribution >= 4 is 11.7 Å². The van der Waals surface area contributed by atoms with Gasteiger partial charge in [0.05, 0.1) is 12.7 Å². The van der Waals surface area contributed by atoms with Gasteiger partial charge in [-0.3, -0.25) is 9.69 Å². The Kier molecular flexibility index (Phi) is 6.21. The van der Waals surface area contributed by atoms with Crippen LogP contribution in [0.5, 0.6) is 0 Å². The van der Waals surface area contributed by atoms with E-state index >= 15 is 0 Å². The van der Waals surface area contributed by atoms with Crippen molar-refractivity contribution in [2.75, 3.05) is 24.7 Å². The maximum Gasteiger partial charge on any atom is 0.254 e. The van der Waals surface area contributed by atoms with Crippen LogP contribution in [-0.4, -0.2) is 42.9 Å². The molecule has 1 aliphatic carbocycles. The first-order chi connectivity index (χ1) is 11.7. The lowest BCUT2D eigenvalue weighted by Crippen LogP contribution is -2.44. The summed E-state index contributed by atoms with van der Waals surface area (Å²) in [5.41, 5.74) is 1.10. The van der Waals surface area contributed by atoms with Crippen LogP contribution in [0.25, 0.3) is 0 Å². The Morgan fingerprint density at radius 2 is 2.08 bits per heavy atom. The number of anilines is 1. The van der Waals surface area contributed by atoms with Gasteiger partial charge in [0.25, 0.3) is 5.91 Å². The third kappa shape index (κ3) is 4.54. The fourth-order valence-electron chi connectivity index (χ4n) is 3.58. The van der Waals surface area contributed by atoms with Gasteiger partial charge in [0.15, 0.2) is 0 Å². The Hall–Kier alpha value is -1.46. The normalized spacial score (nSPS) is 21.8. The molecule has 0 spiro atoms. The Morgan fingerprint density at radius 3 is 2.75 bits per heavy atom. The van der Waals surface area contributed by atoms with E-state index in [0.717, 1.165) is 43.7 Å². The fraction of sp³-hybridized carbons (Fsp3) is 0.684. The van der Waals surface area contributed by atoms with Crippen molar-refractivity contribution in [3.8, 4) is 0 Å². The highest BCUT2D eigenvalue weighted by Crippen LogP contribution is 2.26. The molecule has 1 atom stereocenters. The smallest absolute Gasteiger partial charge is 0.254 e. The van der Waals surface area contributed by atoms with Gasteiger partial charge in [-0.25, -0.2) is 4.98 Å². The van der Waals surface area contributed by atoms with E-state index in [4.69, 9.17) is 9.47 Å². The van der Waals surface area contributed by atoms with Gasteiger partial charge in [-0.05, 0) is 44.2 Å². The molecule has 0 bridgehead atoms. The minimum Gasteiger partial charge on any atom is -0.376 e. The molecular weight excluding hydrogens is 304 g/mol. The van der Waals surface area contributed by atoms with Crippen LogP contribution in [-0.2, 0) is 14.3 Å². The van der Waals surface area contributed by atoms with Gasteiger partial charge in [-0.15, -0.1) is 0 Å². The molecule has 1 unspecified atom stereocenters. The van der Waals surface area contributed by atoms with E-state index in [1.54, 1.807) is 0 Å². The average molecular weight is 332 g/mol. The first-order valence-corrected chi connectivity index (χ1v) is 9.18. The van der Waals surface area contributed by atoms with Gasteiger partial charge in [-0.2, -0.15) is 0 Å². The predicted octanol–water partition coefficient (Wildman–Crippen LogP) is 3.25. The van der Waals surface area contributed by atoms with Crippen molar-refractivity contribution in [2.24, 2.45) is 0 Å². The lowest BCUT2D eigenvalue weighted by molar-refractivity contribution is -0.124. The molecule has 2 heterocycles. The molecule has 1 aliphatic heterocycles. The molecule has 1 saturated carbocycles. The number of hydrogen-bond donors (Lipinski definition) is 0. The second kappa shape index (κ2) is 8.58. The van der Waals surface area contributed by atoms with Gasteiger partial charge >= 0.3 is 0 Å². The molecule has 1 aromatic heterocycles. The molecular formula is C19H28N2O3. The van der Waals surface area contributed by atoms with E-state index in [1.807, 2.05) is 30.2 Å². The van der Waals surface area contributed by atoms with Crippen molar-refractivity contribution in [3.05, 3.63) is 23.9 Å². The highest BCUT2D eigenvalue weighted by molar-refractivity contribution is 5.94. The maximum absolute atomic E-state index is 12.8. The molecule has 3 rings (SSSR count). The molecule has 2 fully saturated rings. The molecule has 132 valence electrons. The number of aryl methyl sites for hydroxylation is 1. The molecule has 1 saturated heterocycles. The number of rotatable bonds is 6. The van der Waals surface area contributed by atoms with Crippen LogP contribution in [0.1, 0.15) is 50.5 Å². The zero-order chi connectivity index (χ0) is 16.8. The van der Waals surface area contributed by atoms with Crippen LogP contribution in [0.2, 0.25) is 0 Å². The van der Waals surface area contributed by atoms with Gasteiger partial charge < -0.3 is 9.47 Å². The zero-order valence-corrected chi connectivity index (χ0v) is 14.6. The highest BCUT2D eigenvalue weighted by atomic mass is 16.5. The van der Waals surface area contributed by atoms with E-state index in [-0.39, 0.29) is 24.7 Å². The fourth-order valence-corrected chi connectivity index (χ4v) is 3.58. The lowest BCUT2D eigenvalue weighted by atomic mass is 9.94. The number of amides is 1. The van der Waals surface area contributed by atoms with Gasteiger partial charge in [0, 0.05) is 18.8 Å². The predicted molar refractivity (Wildman–Crippen MR) is 93.1 cm³/mol. The lowest BCUT2D eigenvalue weighted by Gasteiger charge is -2.33. The summed E-state index contributed by atoms with van der Waals surface area (Å²) in [4.78, 5) is 19.2. The van der Waals surface area contributed by atoms with Crippen molar-refractivity contribution in [3.63, 3.8) is 0 Å². The second-order valence-electron chi connectivity index (χ2n) is 6.90. The third-order valence-corrected chi connectivity index (χ3v) is 4.90. The summed E-state index contributed by atoms with van der Waals surface area (Å²) in [6.45, 7) is 3.43. The minimum absolute atomic E-state index is 0.0104. The SMILES string of the molecule is Cc1ccc(N(C(=O)COCC2CCCO2)C2CCCCC2)nc1. The zero-order valence-electron chi connectivity index (χ0n) is 14.6. The Morgan fingerprint density at radius 1 is 1.25 bits per heavy atom. The van der Waals surface area contributed by atoms with Gasteiger partial charge in [0.1, 0.15) is 12.4 Å². The van der Waals surface area contributed by atoms with E-state index in [9.17, 15) is 4.79 Å². The van der Waals surface area contributed by atoms with E-state index < -0.39 is 0 Å². The molecule has 5 nitrogen and oxygen atoms in total. The molecule has 24 heavy (non-hydrogen) atoms. The first kappa shape index (κ1) is 17.4. The summed E-state index contributed by atoms with van der Waals surface area (Å²) in [6, 6.07) is 4.20. The third-order valence-electron chi connectivity index (χ3n) is 4.90. The number of pyridine rings is 1. The van der Waals surface area contributed by atoms with Crippen molar-refractivity contribution in [2.45, 2.75) is 64.0 Å². The van der Waals surface area contributed by atoms with Crippen molar-refractivity contribution in [1.82, 2.24) is 4.98 Å². The standard InChI is InChI=1S/C19H28N2O3/c1-15-9-10-18(20-12-15)21(16-6-3-2-4-7-16)19(22)14-23-13-17-8-5-11-24-17/h9-10,12,16-17H,2-8,11,13-14H2,1H3. The summed E-state index contributed by atoms with van der Waals surface area (Å²) in [7, 11) is 0. The first-order valence-electron chi connectivity index (χ1n) is 9.18. The number of aromatic nitrogens is 1.